The average molecular weight is 292 g/mol. The van der Waals surface area contributed by atoms with Gasteiger partial charge in [0.1, 0.15) is 0 Å². The first-order valence-electron chi connectivity index (χ1n) is 8.45. The highest BCUT2D eigenvalue weighted by molar-refractivity contribution is 5.38. The van der Waals surface area contributed by atoms with Crippen molar-refractivity contribution in [2.75, 3.05) is 0 Å². The Labute approximate surface area is 128 Å². The molecule has 0 aliphatic heterocycles. The molecule has 0 saturated heterocycles. The van der Waals surface area contributed by atoms with E-state index < -0.39 is 5.54 Å². The van der Waals surface area contributed by atoms with Crippen molar-refractivity contribution in [3.8, 4) is 0 Å². The normalized spacial score (nSPS) is 24.9. The number of hydrogen-bond donors (Lipinski definition) is 0. The highest BCUT2D eigenvalue weighted by atomic mass is 16.1. The molecule has 0 aromatic carbocycles. The van der Waals surface area contributed by atoms with Gasteiger partial charge in [-0.3, -0.25) is 0 Å². The predicted molar refractivity (Wildman–Crippen MR) is 83.8 cm³/mol. The van der Waals surface area contributed by atoms with Crippen LogP contribution in [0.4, 0.5) is 0 Å². The summed E-state index contributed by atoms with van der Waals surface area (Å²) in [4.78, 5) is 29.4. The summed E-state index contributed by atoms with van der Waals surface area (Å²) >= 11 is 0. The van der Waals surface area contributed by atoms with Gasteiger partial charge in [-0.25, -0.2) is 9.59 Å². The highest BCUT2D eigenvalue weighted by Gasteiger charge is 2.40. The molecule has 2 atom stereocenters. The standard InChI is InChI=1S/C17H28N2O2/c1-2-3-4-5-6-7-9-12-17(19-15-21)13-10-8-11-16(17)18-14-20/h16H,2-13H2,1H3. The molecule has 1 fully saturated rings. The van der Waals surface area contributed by atoms with Crippen molar-refractivity contribution < 1.29 is 9.59 Å². The second-order valence-corrected chi connectivity index (χ2v) is 6.16. The lowest BCUT2D eigenvalue weighted by Gasteiger charge is -2.37. The Bertz CT molecular complexity index is 384. The van der Waals surface area contributed by atoms with Gasteiger partial charge in [-0.05, 0) is 19.3 Å². The minimum Gasteiger partial charge on any atom is -0.211 e. The monoisotopic (exact) mass is 292 g/mol. The molecule has 0 radical (unpaired) electrons. The molecule has 1 aliphatic carbocycles. The first-order chi connectivity index (χ1) is 10.3. The number of carbonyl (C=O) groups excluding carboxylic acids is 2. The summed E-state index contributed by atoms with van der Waals surface area (Å²) in [6.45, 7) is 2.22. The summed E-state index contributed by atoms with van der Waals surface area (Å²) in [5.74, 6) is 0. The Hall–Kier alpha value is -1.24. The van der Waals surface area contributed by atoms with E-state index >= 15 is 0 Å². The molecule has 118 valence electrons. The molecule has 0 aromatic rings. The minimum absolute atomic E-state index is 0.176. The molecule has 4 heteroatoms. The maximum Gasteiger partial charge on any atom is 0.235 e. The van der Waals surface area contributed by atoms with Crippen molar-refractivity contribution in [1.29, 1.82) is 0 Å². The summed E-state index contributed by atoms with van der Waals surface area (Å²) in [5, 5.41) is 0. The van der Waals surface area contributed by atoms with Crippen LogP contribution in [0.3, 0.4) is 0 Å². The Kier molecular flexibility index (Phi) is 8.89. The van der Waals surface area contributed by atoms with Gasteiger partial charge in [0.15, 0.2) is 0 Å². The number of unbranched alkanes of at least 4 members (excludes halogenated alkanes) is 6. The summed E-state index contributed by atoms with van der Waals surface area (Å²) in [7, 11) is 0. The summed E-state index contributed by atoms with van der Waals surface area (Å²) in [6.07, 6.45) is 16.6. The van der Waals surface area contributed by atoms with E-state index in [1.165, 1.54) is 32.1 Å². The third kappa shape index (κ3) is 5.95. The topological polar surface area (TPSA) is 58.9 Å². The van der Waals surface area contributed by atoms with E-state index in [4.69, 9.17) is 0 Å². The second kappa shape index (κ2) is 10.5. The lowest BCUT2D eigenvalue weighted by molar-refractivity contribution is 0.234. The van der Waals surface area contributed by atoms with E-state index in [-0.39, 0.29) is 6.04 Å². The Morgan fingerprint density at radius 2 is 1.71 bits per heavy atom. The van der Waals surface area contributed by atoms with Crippen LogP contribution < -0.4 is 0 Å². The molecule has 0 amide bonds. The maximum absolute atomic E-state index is 10.8. The van der Waals surface area contributed by atoms with Crippen molar-refractivity contribution in [2.24, 2.45) is 9.98 Å². The molecule has 4 nitrogen and oxygen atoms in total. The van der Waals surface area contributed by atoms with E-state index in [9.17, 15) is 9.59 Å². The molecular formula is C17H28N2O2. The maximum atomic E-state index is 10.8. The van der Waals surface area contributed by atoms with Crippen molar-refractivity contribution in [3.05, 3.63) is 0 Å². The van der Waals surface area contributed by atoms with Crippen LogP contribution in [0.2, 0.25) is 0 Å². The van der Waals surface area contributed by atoms with Crippen LogP contribution in [0, 0.1) is 0 Å². The van der Waals surface area contributed by atoms with Crippen LogP contribution >= 0.6 is 0 Å². The fourth-order valence-electron chi connectivity index (χ4n) is 3.41. The third-order valence-corrected chi connectivity index (χ3v) is 4.65. The first-order valence-corrected chi connectivity index (χ1v) is 8.45. The molecule has 0 bridgehead atoms. The van der Waals surface area contributed by atoms with Gasteiger partial charge in [0, 0.05) is 0 Å². The summed E-state index contributed by atoms with van der Waals surface area (Å²) in [5.41, 5.74) is -0.485. The molecule has 1 aliphatic rings. The Morgan fingerprint density at radius 1 is 1.00 bits per heavy atom. The van der Waals surface area contributed by atoms with Gasteiger partial charge >= 0.3 is 0 Å². The number of hydrogen-bond acceptors (Lipinski definition) is 4. The van der Waals surface area contributed by atoms with Crippen LogP contribution in [0.15, 0.2) is 9.98 Å². The zero-order chi connectivity index (χ0) is 15.4. The summed E-state index contributed by atoms with van der Waals surface area (Å²) in [6, 6.07) is -0.176. The molecule has 0 spiro atoms. The van der Waals surface area contributed by atoms with E-state index in [1.807, 2.05) is 0 Å². The molecule has 1 rings (SSSR count). The van der Waals surface area contributed by atoms with E-state index in [2.05, 4.69) is 16.9 Å². The van der Waals surface area contributed by atoms with Gasteiger partial charge in [-0.2, -0.15) is 9.98 Å². The van der Waals surface area contributed by atoms with Gasteiger partial charge in [-0.15, -0.1) is 0 Å². The first kappa shape index (κ1) is 17.8. The Morgan fingerprint density at radius 3 is 2.38 bits per heavy atom. The molecule has 0 N–H and O–H groups in total. The third-order valence-electron chi connectivity index (χ3n) is 4.65. The van der Waals surface area contributed by atoms with E-state index in [0.717, 1.165) is 44.9 Å². The predicted octanol–water partition coefficient (Wildman–Crippen LogP) is 4.48. The Balaban J connectivity index is 2.47. The number of isocyanates is 2. The van der Waals surface area contributed by atoms with Gasteiger partial charge in [-0.1, -0.05) is 64.7 Å². The molecule has 0 heterocycles. The lowest BCUT2D eigenvalue weighted by atomic mass is 9.75. The van der Waals surface area contributed by atoms with Gasteiger partial charge < -0.3 is 0 Å². The van der Waals surface area contributed by atoms with Gasteiger partial charge in [0.25, 0.3) is 0 Å². The zero-order valence-electron chi connectivity index (χ0n) is 13.3. The summed E-state index contributed by atoms with van der Waals surface area (Å²) < 4.78 is 0. The molecular weight excluding hydrogens is 264 g/mol. The van der Waals surface area contributed by atoms with E-state index in [1.54, 1.807) is 12.2 Å². The van der Waals surface area contributed by atoms with Crippen LogP contribution in [-0.2, 0) is 9.59 Å². The number of nitrogens with zero attached hydrogens (tertiary/aromatic N) is 2. The van der Waals surface area contributed by atoms with Crippen LogP contribution in [0.1, 0.15) is 84.0 Å². The number of aliphatic imine (C=N–C) groups is 2. The van der Waals surface area contributed by atoms with E-state index in [0.29, 0.717) is 0 Å². The van der Waals surface area contributed by atoms with Crippen LogP contribution in [-0.4, -0.2) is 23.7 Å². The zero-order valence-corrected chi connectivity index (χ0v) is 13.3. The smallest absolute Gasteiger partial charge is 0.211 e. The van der Waals surface area contributed by atoms with Gasteiger partial charge in [0.2, 0.25) is 12.2 Å². The lowest BCUT2D eigenvalue weighted by Crippen LogP contribution is -2.42. The minimum atomic E-state index is -0.485. The number of rotatable bonds is 10. The average Bonchev–Trinajstić information content (AvgIpc) is 2.49. The van der Waals surface area contributed by atoms with Crippen molar-refractivity contribution >= 4 is 12.2 Å². The molecule has 2 unspecified atom stereocenters. The molecule has 21 heavy (non-hydrogen) atoms. The fourth-order valence-corrected chi connectivity index (χ4v) is 3.41. The van der Waals surface area contributed by atoms with Crippen molar-refractivity contribution in [3.63, 3.8) is 0 Å². The quantitative estimate of drug-likeness (QED) is 0.338. The largest absolute Gasteiger partial charge is 0.235 e. The fraction of sp³-hybridized carbons (Fsp3) is 0.882. The SMILES string of the molecule is CCCCCCCCCC1(N=C=O)CCCCC1N=C=O. The van der Waals surface area contributed by atoms with Crippen molar-refractivity contribution in [1.82, 2.24) is 0 Å². The molecule has 0 aromatic heterocycles. The van der Waals surface area contributed by atoms with Crippen LogP contribution in [0.25, 0.3) is 0 Å². The van der Waals surface area contributed by atoms with Gasteiger partial charge in [0.05, 0.1) is 11.6 Å². The van der Waals surface area contributed by atoms with Crippen LogP contribution in [0.5, 0.6) is 0 Å². The highest BCUT2D eigenvalue weighted by Crippen LogP contribution is 2.38. The molecule has 1 saturated carbocycles. The van der Waals surface area contributed by atoms with Crippen molar-refractivity contribution in [2.45, 2.75) is 95.6 Å². The second-order valence-electron chi connectivity index (χ2n) is 6.16.